The van der Waals surface area contributed by atoms with Gasteiger partial charge in [-0.25, -0.2) is 4.98 Å². The minimum Gasteiger partial charge on any atom is -0.353 e. The van der Waals surface area contributed by atoms with Crippen LogP contribution in [0.1, 0.15) is 0 Å². The molecule has 0 bridgehead atoms. The molecule has 1 saturated heterocycles. The van der Waals surface area contributed by atoms with Crippen molar-refractivity contribution < 1.29 is 0 Å². The molecule has 2 radical (unpaired) electrons. The molecule has 21 heavy (non-hydrogen) atoms. The van der Waals surface area contributed by atoms with Gasteiger partial charge >= 0.3 is 0 Å². The predicted molar refractivity (Wildman–Crippen MR) is 84.4 cm³/mol. The summed E-state index contributed by atoms with van der Waals surface area (Å²) >= 11 is 0. The number of hydrogen-bond donors (Lipinski definition) is 0. The second kappa shape index (κ2) is 6.39. The van der Waals surface area contributed by atoms with Crippen molar-refractivity contribution in [3.8, 4) is 0 Å². The quantitative estimate of drug-likeness (QED) is 0.633. The molecule has 1 aromatic carbocycles. The van der Waals surface area contributed by atoms with Crippen LogP contribution in [0.15, 0.2) is 59.0 Å². The van der Waals surface area contributed by atoms with E-state index in [0.717, 1.165) is 43.1 Å². The van der Waals surface area contributed by atoms with Gasteiger partial charge < -0.3 is 4.90 Å². The first-order chi connectivity index (χ1) is 10.3. The molecule has 2 aromatic rings. The fraction of sp³-hybridized carbons (Fsp3) is 0.267. The van der Waals surface area contributed by atoms with Crippen LogP contribution in [0.2, 0.25) is 0 Å². The predicted octanol–water partition coefficient (Wildman–Crippen LogP) is 1.70. The van der Waals surface area contributed by atoms with Crippen LogP contribution < -0.4 is 10.4 Å². The molecule has 104 valence electrons. The highest BCUT2D eigenvalue weighted by atomic mass is 15.6. The molecule has 6 heteroatoms. The van der Waals surface area contributed by atoms with Crippen LogP contribution in [0.25, 0.3) is 0 Å². The summed E-state index contributed by atoms with van der Waals surface area (Å²) < 4.78 is 0. The maximum atomic E-state index is 5.64. The Morgan fingerprint density at radius 3 is 2.38 bits per heavy atom. The van der Waals surface area contributed by atoms with Crippen molar-refractivity contribution in [2.45, 2.75) is 0 Å². The highest BCUT2D eigenvalue weighted by Crippen LogP contribution is 2.14. The van der Waals surface area contributed by atoms with E-state index in [4.69, 9.17) is 7.85 Å². The fourth-order valence-electron chi connectivity index (χ4n) is 2.21. The lowest BCUT2D eigenvalue weighted by Gasteiger charge is -2.32. The van der Waals surface area contributed by atoms with Gasteiger partial charge in [0.15, 0.2) is 0 Å². The fourth-order valence-corrected chi connectivity index (χ4v) is 2.21. The average Bonchev–Trinajstić information content (AvgIpc) is 2.56. The lowest BCUT2D eigenvalue weighted by molar-refractivity contribution is 0.253. The molecule has 1 fully saturated rings. The zero-order valence-electron chi connectivity index (χ0n) is 11.8. The molecule has 0 spiro atoms. The largest absolute Gasteiger partial charge is 0.353 e. The third-order valence-electron chi connectivity index (χ3n) is 3.41. The van der Waals surface area contributed by atoms with E-state index in [2.05, 4.69) is 20.2 Å². The minimum atomic E-state index is 0.734. The van der Waals surface area contributed by atoms with Crippen LogP contribution in [0.5, 0.6) is 0 Å². The summed E-state index contributed by atoms with van der Waals surface area (Å²) in [5.41, 5.74) is 1.55. The summed E-state index contributed by atoms with van der Waals surface area (Å²) in [6, 6.07) is 13.4. The van der Waals surface area contributed by atoms with E-state index in [1.165, 1.54) is 0 Å². The monoisotopic (exact) mass is 277 g/mol. The van der Waals surface area contributed by atoms with Crippen molar-refractivity contribution in [3.05, 3.63) is 48.7 Å². The van der Waals surface area contributed by atoms with E-state index in [1.807, 2.05) is 53.7 Å². The van der Waals surface area contributed by atoms with Crippen molar-refractivity contribution in [2.24, 2.45) is 10.3 Å². The molecule has 3 rings (SSSR count). The normalized spacial score (nSPS) is 15.6. The highest BCUT2D eigenvalue weighted by molar-refractivity contribution is 6.32. The highest BCUT2D eigenvalue weighted by Gasteiger charge is 2.16. The van der Waals surface area contributed by atoms with Gasteiger partial charge in [-0.15, -0.1) is 5.11 Å². The van der Waals surface area contributed by atoms with Gasteiger partial charge in [-0.3, -0.25) is 5.01 Å². The van der Waals surface area contributed by atoms with E-state index < -0.39 is 0 Å². The Bertz CT molecular complexity index is 591. The molecule has 0 atom stereocenters. The first kappa shape index (κ1) is 13.6. The summed E-state index contributed by atoms with van der Waals surface area (Å²) in [7, 11) is 5.64. The van der Waals surface area contributed by atoms with E-state index in [-0.39, 0.29) is 0 Å². The van der Waals surface area contributed by atoms with Gasteiger partial charge in [0.2, 0.25) is 0 Å². The third-order valence-corrected chi connectivity index (χ3v) is 3.41. The van der Waals surface area contributed by atoms with Gasteiger partial charge in [0, 0.05) is 19.3 Å². The van der Waals surface area contributed by atoms with Gasteiger partial charge in [0.25, 0.3) is 0 Å². The molecule has 1 aliphatic rings. The number of pyridine rings is 1. The summed E-state index contributed by atoms with van der Waals surface area (Å²) in [5.74, 6) is 1.02. The van der Waals surface area contributed by atoms with Crippen LogP contribution in [0.3, 0.4) is 0 Å². The Labute approximate surface area is 125 Å². The van der Waals surface area contributed by atoms with Crippen LogP contribution in [-0.4, -0.2) is 44.0 Å². The number of hydrogen-bond acceptors (Lipinski definition) is 4. The van der Waals surface area contributed by atoms with Crippen molar-refractivity contribution in [2.75, 3.05) is 31.1 Å². The smallest absolute Gasteiger partial charge is 0.128 e. The van der Waals surface area contributed by atoms with Gasteiger partial charge in [0.1, 0.15) is 13.7 Å². The molecular weight excluding hydrogens is 261 g/mol. The maximum Gasteiger partial charge on any atom is 0.128 e. The zero-order valence-corrected chi connectivity index (χ0v) is 11.8. The Morgan fingerprint density at radius 2 is 1.71 bits per heavy atom. The van der Waals surface area contributed by atoms with Gasteiger partial charge in [-0.1, -0.05) is 28.9 Å². The third kappa shape index (κ3) is 3.59. The Kier molecular flexibility index (Phi) is 4.14. The van der Waals surface area contributed by atoms with Crippen molar-refractivity contribution in [3.63, 3.8) is 0 Å². The molecule has 0 unspecified atom stereocenters. The average molecular weight is 277 g/mol. The summed E-state index contributed by atoms with van der Waals surface area (Å²) in [4.78, 5) is 6.63. The summed E-state index contributed by atoms with van der Waals surface area (Å²) in [6.07, 6.45) is 1.82. The maximum absolute atomic E-state index is 5.64. The lowest BCUT2D eigenvalue weighted by Crippen LogP contribution is -2.44. The first-order valence-corrected chi connectivity index (χ1v) is 6.99. The molecule has 0 amide bonds. The van der Waals surface area contributed by atoms with Gasteiger partial charge in [-0.05, 0) is 24.3 Å². The molecule has 1 aliphatic heterocycles. The SMILES string of the molecule is [B]c1ccc(N=NN2CCN(c3ccccn3)CC2)cc1. The van der Waals surface area contributed by atoms with Crippen LogP contribution in [0.4, 0.5) is 11.5 Å². The molecular formula is C15H16BN5. The summed E-state index contributed by atoms with van der Waals surface area (Å²) in [6.45, 7) is 3.49. The number of aromatic nitrogens is 1. The van der Waals surface area contributed by atoms with E-state index in [1.54, 1.807) is 0 Å². The molecule has 1 aromatic heterocycles. The van der Waals surface area contributed by atoms with E-state index in [0.29, 0.717) is 0 Å². The number of rotatable bonds is 3. The van der Waals surface area contributed by atoms with Crippen LogP contribution in [0, 0.1) is 0 Å². The summed E-state index contributed by atoms with van der Waals surface area (Å²) in [5, 5.41) is 10.5. The Morgan fingerprint density at radius 1 is 0.952 bits per heavy atom. The lowest BCUT2D eigenvalue weighted by atomic mass is 9.96. The van der Waals surface area contributed by atoms with Crippen molar-refractivity contribution >= 4 is 24.8 Å². The molecule has 0 N–H and O–H groups in total. The second-order valence-corrected chi connectivity index (χ2v) is 4.91. The number of anilines is 1. The Balaban J connectivity index is 1.55. The number of benzene rings is 1. The van der Waals surface area contributed by atoms with Gasteiger partial charge in [-0.2, -0.15) is 0 Å². The zero-order chi connectivity index (χ0) is 14.5. The van der Waals surface area contributed by atoms with Crippen LogP contribution >= 0.6 is 0 Å². The molecule has 5 nitrogen and oxygen atoms in total. The van der Waals surface area contributed by atoms with E-state index in [9.17, 15) is 0 Å². The van der Waals surface area contributed by atoms with Crippen LogP contribution in [-0.2, 0) is 0 Å². The number of nitrogens with zero attached hydrogens (tertiary/aromatic N) is 5. The standard InChI is InChI=1S/C15H16BN5/c16-13-4-6-14(7-5-13)18-19-21-11-9-20(10-12-21)15-3-1-2-8-17-15/h1-8H,9-12H2. The minimum absolute atomic E-state index is 0.734. The first-order valence-electron chi connectivity index (χ1n) is 6.99. The Hall–Kier alpha value is -2.37. The number of piperazine rings is 1. The topological polar surface area (TPSA) is 44.1 Å². The van der Waals surface area contributed by atoms with Crippen molar-refractivity contribution in [1.29, 1.82) is 0 Å². The van der Waals surface area contributed by atoms with E-state index >= 15 is 0 Å². The molecule has 0 aliphatic carbocycles. The van der Waals surface area contributed by atoms with Crippen molar-refractivity contribution in [1.82, 2.24) is 9.99 Å². The molecule has 0 saturated carbocycles. The second-order valence-electron chi connectivity index (χ2n) is 4.91. The molecule has 2 heterocycles. The van der Waals surface area contributed by atoms with Gasteiger partial charge in [0.05, 0.1) is 18.8 Å².